The maximum atomic E-state index is 11.7. The van der Waals surface area contributed by atoms with Crippen LogP contribution in [0.1, 0.15) is 37.5 Å². The molecule has 0 aliphatic carbocycles. The molecule has 0 aromatic heterocycles. The number of benzene rings is 2. The highest BCUT2D eigenvalue weighted by Crippen LogP contribution is 2.27. The Hall–Kier alpha value is -2.09. The van der Waals surface area contributed by atoms with E-state index in [0.29, 0.717) is 18.5 Å². The van der Waals surface area contributed by atoms with E-state index in [9.17, 15) is 23.7 Å². The molecule has 0 radical (unpaired) electrons. The lowest BCUT2D eigenvalue weighted by molar-refractivity contribution is 0.162. The molecule has 148 valence electrons. The van der Waals surface area contributed by atoms with Crippen molar-refractivity contribution in [2.75, 3.05) is 12.8 Å². The zero-order valence-corrected chi connectivity index (χ0v) is 16.6. The monoisotopic (exact) mass is 393 g/mol. The second-order valence-electron chi connectivity index (χ2n) is 7.46. The molecular formula is C20H27NO5S. The fraction of sp³-hybridized carbons (Fsp3) is 0.400. The Morgan fingerprint density at radius 2 is 1.70 bits per heavy atom. The summed E-state index contributed by atoms with van der Waals surface area (Å²) in [6.45, 7) is 4.63. The van der Waals surface area contributed by atoms with Gasteiger partial charge in [-0.15, -0.1) is 0 Å². The topological polar surface area (TPSA) is 107 Å². The molecule has 27 heavy (non-hydrogen) atoms. The zero-order chi connectivity index (χ0) is 20.2. The van der Waals surface area contributed by atoms with Gasteiger partial charge in [-0.05, 0) is 68.6 Å². The smallest absolute Gasteiger partial charge is 0.179 e. The minimum atomic E-state index is -3.57. The fourth-order valence-corrected chi connectivity index (χ4v) is 3.73. The summed E-state index contributed by atoms with van der Waals surface area (Å²) in [5.74, 6) is -0.0865. The van der Waals surface area contributed by atoms with Crippen molar-refractivity contribution in [3.63, 3.8) is 0 Å². The highest BCUT2D eigenvalue weighted by atomic mass is 32.2. The van der Waals surface area contributed by atoms with E-state index < -0.39 is 15.9 Å². The Balaban J connectivity index is 1.95. The van der Waals surface area contributed by atoms with Gasteiger partial charge in [0.25, 0.3) is 0 Å². The van der Waals surface area contributed by atoms with Crippen LogP contribution < -0.4 is 5.32 Å². The molecule has 0 spiro atoms. The molecule has 1 atom stereocenters. The standard InChI is InChI=1S/C20H27NO5S/c1-20(2,13-14-4-7-16(22)8-5-14)21-11-10-17(23)15-6-9-18(24)19(12-15)27(3,25)26/h4-9,12,17,21-24H,10-11,13H2,1-3H3. The van der Waals surface area contributed by atoms with Gasteiger partial charge < -0.3 is 20.6 Å². The van der Waals surface area contributed by atoms with Crippen LogP contribution in [0.3, 0.4) is 0 Å². The van der Waals surface area contributed by atoms with E-state index >= 15 is 0 Å². The van der Waals surface area contributed by atoms with Crippen molar-refractivity contribution in [1.82, 2.24) is 5.32 Å². The number of sulfone groups is 1. The van der Waals surface area contributed by atoms with Crippen LogP contribution in [0.15, 0.2) is 47.4 Å². The summed E-state index contributed by atoms with van der Waals surface area (Å²) in [6, 6.07) is 11.2. The van der Waals surface area contributed by atoms with Gasteiger partial charge in [0.15, 0.2) is 9.84 Å². The van der Waals surface area contributed by atoms with Crippen molar-refractivity contribution in [2.24, 2.45) is 0 Å². The number of phenolic OH excluding ortho intramolecular Hbond substituents is 2. The maximum absolute atomic E-state index is 11.7. The van der Waals surface area contributed by atoms with E-state index in [2.05, 4.69) is 19.2 Å². The normalized spacial score (nSPS) is 13.5. The zero-order valence-electron chi connectivity index (χ0n) is 15.8. The summed E-state index contributed by atoms with van der Waals surface area (Å²) in [7, 11) is -3.57. The van der Waals surface area contributed by atoms with Crippen LogP contribution in [0.5, 0.6) is 11.5 Å². The van der Waals surface area contributed by atoms with Crippen molar-refractivity contribution in [3.05, 3.63) is 53.6 Å². The first-order valence-corrected chi connectivity index (χ1v) is 10.6. The van der Waals surface area contributed by atoms with Gasteiger partial charge in [-0.2, -0.15) is 0 Å². The summed E-state index contributed by atoms with van der Waals surface area (Å²) in [6.07, 6.45) is 1.32. The molecule has 0 fully saturated rings. The molecule has 0 aliphatic rings. The van der Waals surface area contributed by atoms with Gasteiger partial charge in [-0.1, -0.05) is 18.2 Å². The third-order valence-corrected chi connectivity index (χ3v) is 5.50. The van der Waals surface area contributed by atoms with E-state index in [4.69, 9.17) is 0 Å². The Kier molecular flexibility index (Phi) is 6.51. The number of aliphatic hydroxyl groups excluding tert-OH is 1. The molecular weight excluding hydrogens is 366 g/mol. The van der Waals surface area contributed by atoms with Gasteiger partial charge in [0.05, 0.1) is 6.10 Å². The summed E-state index contributed by atoms with van der Waals surface area (Å²) in [5.41, 5.74) is 1.32. The summed E-state index contributed by atoms with van der Waals surface area (Å²) in [5, 5.41) is 32.8. The van der Waals surface area contributed by atoms with Gasteiger partial charge in [0.1, 0.15) is 16.4 Å². The average molecular weight is 394 g/mol. The van der Waals surface area contributed by atoms with E-state index in [1.807, 2.05) is 12.1 Å². The Labute approximate surface area is 160 Å². The Bertz CT molecular complexity index is 876. The van der Waals surface area contributed by atoms with Crippen molar-refractivity contribution in [3.8, 4) is 11.5 Å². The molecule has 0 saturated heterocycles. The van der Waals surface area contributed by atoms with Crippen molar-refractivity contribution in [2.45, 2.75) is 43.2 Å². The fourth-order valence-electron chi connectivity index (χ4n) is 2.94. The third-order valence-electron chi connectivity index (χ3n) is 4.37. The minimum Gasteiger partial charge on any atom is -0.508 e. The first kappa shape index (κ1) is 21.2. The summed E-state index contributed by atoms with van der Waals surface area (Å²) in [4.78, 5) is -0.181. The second kappa shape index (κ2) is 8.29. The van der Waals surface area contributed by atoms with Gasteiger partial charge in [-0.3, -0.25) is 0 Å². The number of hydrogen-bond acceptors (Lipinski definition) is 6. The lowest BCUT2D eigenvalue weighted by Gasteiger charge is -2.27. The molecule has 2 rings (SSSR count). The number of rotatable bonds is 8. The predicted molar refractivity (Wildman–Crippen MR) is 105 cm³/mol. The second-order valence-corrected chi connectivity index (χ2v) is 9.44. The van der Waals surface area contributed by atoms with Crippen LogP contribution >= 0.6 is 0 Å². The minimum absolute atomic E-state index is 0.181. The SMILES string of the molecule is CC(C)(Cc1ccc(O)cc1)NCCC(O)c1ccc(O)c(S(C)(=O)=O)c1. The molecule has 2 aromatic rings. The predicted octanol–water partition coefficient (Wildman–Crippen LogP) is 2.54. The van der Waals surface area contributed by atoms with Crippen LogP contribution in [0.4, 0.5) is 0 Å². The van der Waals surface area contributed by atoms with Gasteiger partial charge >= 0.3 is 0 Å². The molecule has 0 heterocycles. The molecule has 2 aromatic carbocycles. The van der Waals surface area contributed by atoms with Crippen molar-refractivity contribution < 1.29 is 23.7 Å². The van der Waals surface area contributed by atoms with Crippen LogP contribution in [0.25, 0.3) is 0 Å². The first-order valence-electron chi connectivity index (χ1n) is 8.72. The average Bonchev–Trinajstić information content (AvgIpc) is 2.56. The lowest BCUT2D eigenvalue weighted by atomic mass is 9.94. The highest BCUT2D eigenvalue weighted by molar-refractivity contribution is 7.90. The van der Waals surface area contributed by atoms with Gasteiger partial charge in [0.2, 0.25) is 0 Å². The molecule has 0 amide bonds. The lowest BCUT2D eigenvalue weighted by Crippen LogP contribution is -2.42. The van der Waals surface area contributed by atoms with Crippen LogP contribution in [0.2, 0.25) is 0 Å². The molecule has 0 aliphatic heterocycles. The Morgan fingerprint density at radius 1 is 1.07 bits per heavy atom. The van der Waals surface area contributed by atoms with Crippen molar-refractivity contribution in [1.29, 1.82) is 0 Å². The van der Waals surface area contributed by atoms with Gasteiger partial charge in [-0.25, -0.2) is 8.42 Å². The molecule has 1 unspecified atom stereocenters. The highest BCUT2D eigenvalue weighted by Gasteiger charge is 2.20. The number of hydrogen-bond donors (Lipinski definition) is 4. The van der Waals surface area contributed by atoms with Crippen LogP contribution in [0, 0.1) is 0 Å². The first-order chi connectivity index (χ1) is 12.5. The van der Waals surface area contributed by atoms with E-state index in [-0.39, 0.29) is 21.9 Å². The molecule has 0 saturated carbocycles. The quantitative estimate of drug-likeness (QED) is 0.549. The maximum Gasteiger partial charge on any atom is 0.179 e. The molecule has 6 nitrogen and oxygen atoms in total. The number of phenols is 2. The number of aliphatic hydroxyl groups is 1. The van der Waals surface area contributed by atoms with Gasteiger partial charge in [0, 0.05) is 11.8 Å². The summed E-state index contributed by atoms with van der Waals surface area (Å²) < 4.78 is 23.4. The number of nitrogens with one attached hydrogen (secondary N) is 1. The Morgan fingerprint density at radius 3 is 2.30 bits per heavy atom. The van der Waals surface area contributed by atoms with Crippen LogP contribution in [-0.2, 0) is 16.3 Å². The molecule has 4 N–H and O–H groups in total. The van der Waals surface area contributed by atoms with E-state index in [0.717, 1.165) is 18.2 Å². The van der Waals surface area contributed by atoms with Crippen LogP contribution in [-0.4, -0.2) is 42.1 Å². The largest absolute Gasteiger partial charge is 0.508 e. The molecule has 7 heteroatoms. The number of aromatic hydroxyl groups is 2. The summed E-state index contributed by atoms with van der Waals surface area (Å²) >= 11 is 0. The molecule has 0 bridgehead atoms. The van der Waals surface area contributed by atoms with E-state index in [1.54, 1.807) is 12.1 Å². The van der Waals surface area contributed by atoms with E-state index in [1.165, 1.54) is 18.2 Å². The third kappa shape index (κ3) is 6.23. The van der Waals surface area contributed by atoms with Crippen molar-refractivity contribution >= 4 is 9.84 Å².